The zero-order valence-electron chi connectivity index (χ0n) is 42.6. The molecule has 0 aliphatic carbocycles. The summed E-state index contributed by atoms with van der Waals surface area (Å²) in [6.45, 7) is 13.1. The summed E-state index contributed by atoms with van der Waals surface area (Å²) >= 11 is 0. The molecule has 374 valence electrons. The van der Waals surface area contributed by atoms with Gasteiger partial charge in [-0.2, -0.15) is 0 Å². The highest BCUT2D eigenvalue weighted by Gasteiger charge is 2.33. The van der Waals surface area contributed by atoms with Crippen LogP contribution in [0.2, 0.25) is 0 Å². The van der Waals surface area contributed by atoms with Crippen LogP contribution in [0.5, 0.6) is 23.0 Å². The number of aliphatic carboxylic acids is 1. The Morgan fingerprint density at radius 3 is 1.28 bits per heavy atom. The van der Waals surface area contributed by atoms with Crippen molar-refractivity contribution >= 4 is 39.9 Å². The first-order chi connectivity index (χ1) is 36.5. The zero-order valence-corrected chi connectivity index (χ0v) is 42.6. The van der Waals surface area contributed by atoms with E-state index < -0.39 is 5.97 Å². The number of aryl methyl sites for hydroxylation is 3. The molecule has 8 aromatic rings. The van der Waals surface area contributed by atoms with Crippen LogP contribution in [0, 0.1) is 20.8 Å². The van der Waals surface area contributed by atoms with Crippen molar-refractivity contribution in [3.05, 3.63) is 260 Å². The fraction of sp³-hybridized carbons (Fsp3) is 0.154. The molecule has 75 heavy (non-hydrogen) atoms. The first kappa shape index (κ1) is 48.1. The Morgan fingerprint density at radius 1 is 0.413 bits per heavy atom. The van der Waals surface area contributed by atoms with Crippen LogP contribution >= 0.6 is 0 Å². The molecule has 2 N–H and O–H groups in total. The second-order valence-electron chi connectivity index (χ2n) is 19.1. The number of allylic oxidation sites excluding steroid dienone is 2. The van der Waals surface area contributed by atoms with Crippen LogP contribution < -0.4 is 33.6 Å². The number of rotatable bonds is 6. The summed E-state index contributed by atoms with van der Waals surface area (Å²) in [5.74, 6) is 2.35. The molecule has 0 amide bonds. The fourth-order valence-corrected chi connectivity index (χ4v) is 10.8. The molecule has 0 saturated carbocycles. The second kappa shape index (κ2) is 20.4. The Balaban J connectivity index is 0.000000123. The molecule has 0 bridgehead atoms. The minimum absolute atomic E-state index is 0.176. The Kier molecular flexibility index (Phi) is 13.1. The number of anilines is 3. The van der Waals surface area contributed by atoms with Crippen LogP contribution in [0.4, 0.5) is 17.1 Å². The molecule has 0 fully saturated rings. The minimum Gasteiger partial charge on any atom is -0.505 e. The number of benzene rings is 8. The highest BCUT2D eigenvalue weighted by molar-refractivity contribution is 6.06. The van der Waals surface area contributed by atoms with Gasteiger partial charge < -0.3 is 43.9 Å². The van der Waals surface area contributed by atoms with E-state index in [-0.39, 0.29) is 12.5 Å². The molecule has 5 aliphatic rings. The van der Waals surface area contributed by atoms with Crippen LogP contribution in [0.1, 0.15) is 75.0 Å². The van der Waals surface area contributed by atoms with Crippen molar-refractivity contribution in [1.29, 1.82) is 0 Å². The molecule has 0 atom stereocenters. The number of carbonyl (C=O) groups is 1. The maximum atomic E-state index is 12.5. The molecular weight excluding hydrogens is 935 g/mol. The number of nitrogens with zero attached hydrogens (tertiary/aromatic N) is 3. The monoisotopic (exact) mass is 991 g/mol. The van der Waals surface area contributed by atoms with E-state index in [9.17, 15) is 15.0 Å². The van der Waals surface area contributed by atoms with Crippen molar-refractivity contribution in [2.24, 2.45) is 0 Å². The predicted octanol–water partition coefficient (Wildman–Crippen LogP) is 14.4. The second-order valence-corrected chi connectivity index (χ2v) is 19.1. The van der Waals surface area contributed by atoms with Crippen molar-refractivity contribution in [1.82, 2.24) is 0 Å². The van der Waals surface area contributed by atoms with Crippen molar-refractivity contribution in [2.45, 2.75) is 54.3 Å². The summed E-state index contributed by atoms with van der Waals surface area (Å²) in [4.78, 5) is 19.0. The van der Waals surface area contributed by atoms with Crippen molar-refractivity contribution in [3.8, 4) is 23.0 Å². The lowest BCUT2D eigenvalue weighted by Gasteiger charge is -2.35. The maximum Gasteiger partial charge on any atom is 0.353 e. The topological polar surface area (TPSA) is 104 Å². The summed E-state index contributed by atoms with van der Waals surface area (Å²) in [7, 11) is 0. The molecule has 8 aromatic carbocycles. The van der Waals surface area contributed by atoms with Crippen LogP contribution in [0.25, 0.3) is 16.9 Å². The Morgan fingerprint density at radius 2 is 0.787 bits per heavy atom. The number of aliphatic hydroxyl groups is 1. The third kappa shape index (κ3) is 9.20. The predicted molar refractivity (Wildman–Crippen MR) is 297 cm³/mol. The molecule has 0 aromatic heterocycles. The van der Waals surface area contributed by atoms with E-state index in [4.69, 9.17) is 18.9 Å². The van der Waals surface area contributed by atoms with Gasteiger partial charge in [0.05, 0.1) is 5.70 Å². The van der Waals surface area contributed by atoms with Gasteiger partial charge >= 0.3 is 5.97 Å². The van der Waals surface area contributed by atoms with E-state index in [0.717, 1.165) is 80.6 Å². The number of hydrogen-bond donors (Lipinski definition) is 2. The van der Waals surface area contributed by atoms with Crippen LogP contribution in [0.3, 0.4) is 0 Å². The highest BCUT2D eigenvalue weighted by Crippen LogP contribution is 2.45. The van der Waals surface area contributed by atoms with Crippen molar-refractivity contribution in [2.75, 3.05) is 28.3 Å². The van der Waals surface area contributed by atoms with Crippen molar-refractivity contribution < 1.29 is 34.0 Å². The molecule has 0 radical (unpaired) electrons. The lowest BCUT2D eigenvalue weighted by molar-refractivity contribution is -0.132. The number of hydrogen-bond acceptors (Lipinski definition) is 9. The summed E-state index contributed by atoms with van der Waals surface area (Å²) in [5.41, 5.74) is 19.8. The molecule has 0 saturated heterocycles. The number of aliphatic hydroxyl groups excluding tert-OH is 1. The van der Waals surface area contributed by atoms with Crippen LogP contribution in [-0.4, -0.2) is 29.8 Å². The Bertz CT molecular complexity index is 3630. The van der Waals surface area contributed by atoms with Gasteiger partial charge in [0.25, 0.3) is 0 Å². The maximum absolute atomic E-state index is 12.5. The number of carboxylic acids is 1. The van der Waals surface area contributed by atoms with Crippen molar-refractivity contribution in [3.63, 3.8) is 0 Å². The third-order valence-corrected chi connectivity index (χ3v) is 14.6. The van der Waals surface area contributed by atoms with E-state index in [2.05, 4.69) is 109 Å². The van der Waals surface area contributed by atoms with E-state index in [1.165, 1.54) is 39.2 Å². The summed E-state index contributed by atoms with van der Waals surface area (Å²) in [6, 6.07) is 61.2. The van der Waals surface area contributed by atoms with Gasteiger partial charge in [-0.15, -0.1) is 0 Å². The van der Waals surface area contributed by atoms with Gasteiger partial charge in [0.1, 0.15) is 11.5 Å². The lowest BCUT2D eigenvalue weighted by Crippen LogP contribution is -2.32. The quantitative estimate of drug-likeness (QED) is 0.167. The first-order valence-electron chi connectivity index (χ1n) is 25.2. The third-order valence-electron chi connectivity index (χ3n) is 14.6. The van der Waals surface area contributed by atoms with E-state index >= 15 is 0 Å². The van der Waals surface area contributed by atoms with E-state index in [0.29, 0.717) is 36.2 Å². The molecule has 13 rings (SSSR count). The number of carboxylic acid groups (broad SMARTS) is 1. The number of fused-ring (bicyclic) bond motifs is 5. The standard InChI is InChI=1S/C24H19NO4.C24H21NO2.C17H17NO/c1-15-6-2-5-9-19(15)25-13-17-7-3-4-8-18(17)22(23(25)24(26)27)16-10-11-20-21(12-16)29-14-28-20;1-16-7-3-6-10-21(16)25-14-19-8-4-5-9-20(19)24(17(25)2)18-11-12-22-23(13-18)27-15-26-22;1-12-7-3-6-10-16(12)18-11-14-8-4-5-9-15(14)17(19)13(18)2/h2-12H,13-14H2,1H3,(H,26,27);3-13H,14-15H2,1-2H3;3-10,19H,11H2,1-2H3. The first-order valence-corrected chi connectivity index (χ1v) is 25.2. The number of para-hydroxylation sites is 3. The lowest BCUT2D eigenvalue weighted by atomic mass is 9.87. The number of ether oxygens (including phenoxy) is 4. The molecule has 0 spiro atoms. The smallest absolute Gasteiger partial charge is 0.353 e. The van der Waals surface area contributed by atoms with Gasteiger partial charge in [0, 0.05) is 59.1 Å². The molecule has 0 unspecified atom stereocenters. The zero-order chi connectivity index (χ0) is 51.7. The van der Waals surface area contributed by atoms with Gasteiger partial charge in [-0.1, -0.05) is 140 Å². The molecule has 5 heterocycles. The molecular formula is C65H57N3O7. The normalized spacial score (nSPS) is 14.8. The SMILES string of the molecule is CC1=C(O)c2ccccc2CN1c1ccccc1C.CC1=C(c2ccc3c(c2)OCO3)c2ccccc2CN1c1ccccc1C.Cc1ccccc1N1Cc2ccccc2C(c2ccc3c(c2)OCO3)=C1C(=O)O. The van der Waals surface area contributed by atoms with E-state index in [1.54, 1.807) is 0 Å². The van der Waals surface area contributed by atoms with Gasteiger partial charge in [0.15, 0.2) is 23.0 Å². The Labute approximate surface area is 437 Å². The summed E-state index contributed by atoms with van der Waals surface area (Å²) < 4.78 is 22.1. The van der Waals surface area contributed by atoms with Gasteiger partial charge in [-0.25, -0.2) is 4.79 Å². The average molecular weight is 992 g/mol. The molecule has 10 nitrogen and oxygen atoms in total. The summed E-state index contributed by atoms with van der Waals surface area (Å²) in [5, 5.41) is 20.6. The van der Waals surface area contributed by atoms with Crippen LogP contribution in [-0.2, 0) is 24.4 Å². The fourth-order valence-electron chi connectivity index (χ4n) is 10.8. The summed E-state index contributed by atoms with van der Waals surface area (Å²) in [6.07, 6.45) is 0. The molecule has 5 aliphatic heterocycles. The minimum atomic E-state index is -0.963. The van der Waals surface area contributed by atoms with Gasteiger partial charge in [-0.05, 0) is 133 Å². The van der Waals surface area contributed by atoms with E-state index in [1.807, 2.05) is 122 Å². The Hall–Kier alpha value is -9.15. The van der Waals surface area contributed by atoms with Gasteiger partial charge in [0.2, 0.25) is 13.6 Å². The highest BCUT2D eigenvalue weighted by atomic mass is 16.7. The van der Waals surface area contributed by atoms with Crippen LogP contribution in [0.15, 0.2) is 199 Å². The average Bonchev–Trinajstić information content (AvgIpc) is 4.12. The largest absolute Gasteiger partial charge is 0.505 e. The molecule has 10 heteroatoms. The van der Waals surface area contributed by atoms with Gasteiger partial charge in [-0.3, -0.25) is 0 Å².